The number of benzene rings is 1. The molecule has 62 valence electrons. The van der Waals surface area contributed by atoms with Gasteiger partial charge in [0.15, 0.2) is 0 Å². The highest BCUT2D eigenvalue weighted by Crippen LogP contribution is 1.99. The first-order valence-electron chi connectivity index (χ1n) is 3.57. The van der Waals surface area contributed by atoms with Gasteiger partial charge in [-0.2, -0.15) is 0 Å². The van der Waals surface area contributed by atoms with Gasteiger partial charge in [0.2, 0.25) is 0 Å². The number of aldehydes is 1. The predicted molar refractivity (Wildman–Crippen MR) is 46.4 cm³/mol. The molecule has 0 radical (unpaired) electrons. The molecular weight excluding hydrogens is 155 g/mol. The Morgan fingerprint density at radius 2 is 2.08 bits per heavy atom. The molecule has 2 N–H and O–H groups in total. The lowest BCUT2D eigenvalue weighted by Crippen LogP contribution is -2.32. The number of hydrogen-bond acceptors (Lipinski definition) is 3. The highest BCUT2D eigenvalue weighted by molar-refractivity contribution is 6.60. The minimum atomic E-state index is -1.58. The van der Waals surface area contributed by atoms with E-state index in [1.54, 1.807) is 12.1 Å². The van der Waals surface area contributed by atoms with Crippen molar-refractivity contribution < 1.29 is 14.8 Å². The topological polar surface area (TPSA) is 57.5 Å². The molecule has 0 bridgehead atoms. The fourth-order valence-electron chi connectivity index (χ4n) is 1.03. The summed E-state index contributed by atoms with van der Waals surface area (Å²) in [5.74, 6) is 0. The molecule has 1 rings (SSSR count). The smallest absolute Gasteiger partial charge is 0.423 e. The predicted octanol–water partition coefficient (Wildman–Crippen LogP) is -0.513. The first-order chi connectivity index (χ1) is 5.65. The molecule has 0 atom stereocenters. The fourth-order valence-corrected chi connectivity index (χ4v) is 1.03. The van der Waals surface area contributed by atoms with Crippen LogP contribution < -0.4 is 5.46 Å². The van der Waals surface area contributed by atoms with Gasteiger partial charge in [-0.05, 0) is 18.5 Å². The molecule has 0 saturated heterocycles. The Morgan fingerprint density at radius 1 is 1.42 bits per heavy atom. The second-order valence-corrected chi connectivity index (χ2v) is 2.62. The van der Waals surface area contributed by atoms with E-state index < -0.39 is 7.12 Å². The summed E-state index contributed by atoms with van der Waals surface area (Å²) in [7, 11) is -1.58. The molecule has 1 aromatic rings. The third-order valence-electron chi connectivity index (χ3n) is 1.65. The quantitative estimate of drug-likeness (QED) is 0.457. The van der Waals surface area contributed by atoms with E-state index in [4.69, 9.17) is 10.0 Å². The zero-order chi connectivity index (χ0) is 9.14. The molecule has 0 spiro atoms. The Bertz CT molecular complexity index is 296. The van der Waals surface area contributed by atoms with Crippen LogP contribution in [0.2, 0.25) is 0 Å². The normalized spacial score (nSPS) is 9.58. The second kappa shape index (κ2) is 3.52. The Hall–Kier alpha value is -1.13. The average Bonchev–Trinajstić information content (AvgIpc) is 2.03. The monoisotopic (exact) mass is 164 g/mol. The number of aryl methyl sites for hydroxylation is 1. The number of hydrogen-bond donors (Lipinski definition) is 2. The van der Waals surface area contributed by atoms with Crippen molar-refractivity contribution in [3.8, 4) is 0 Å². The molecule has 0 amide bonds. The van der Waals surface area contributed by atoms with E-state index >= 15 is 0 Å². The third kappa shape index (κ3) is 1.72. The van der Waals surface area contributed by atoms with E-state index in [2.05, 4.69) is 0 Å². The summed E-state index contributed by atoms with van der Waals surface area (Å²) in [5, 5.41) is 17.6. The lowest BCUT2D eigenvalue weighted by atomic mass is 9.77. The van der Waals surface area contributed by atoms with Gasteiger partial charge in [-0.1, -0.05) is 17.7 Å². The zero-order valence-corrected chi connectivity index (χ0v) is 6.69. The molecule has 0 unspecified atom stereocenters. The van der Waals surface area contributed by atoms with Gasteiger partial charge in [0.1, 0.15) is 6.29 Å². The van der Waals surface area contributed by atoms with Gasteiger partial charge >= 0.3 is 7.12 Å². The summed E-state index contributed by atoms with van der Waals surface area (Å²) in [6.07, 6.45) is 0.613. The Balaban J connectivity index is 3.20. The van der Waals surface area contributed by atoms with Crippen LogP contribution in [0.1, 0.15) is 15.9 Å². The maximum atomic E-state index is 10.5. The minimum Gasteiger partial charge on any atom is -0.423 e. The zero-order valence-electron chi connectivity index (χ0n) is 6.69. The van der Waals surface area contributed by atoms with Crippen LogP contribution in [0.5, 0.6) is 0 Å². The first kappa shape index (κ1) is 8.97. The van der Waals surface area contributed by atoms with Crippen molar-refractivity contribution in [1.29, 1.82) is 0 Å². The van der Waals surface area contributed by atoms with Crippen molar-refractivity contribution in [3.05, 3.63) is 29.3 Å². The van der Waals surface area contributed by atoms with Crippen LogP contribution in [0, 0.1) is 6.92 Å². The van der Waals surface area contributed by atoms with Crippen molar-refractivity contribution in [2.45, 2.75) is 6.92 Å². The molecule has 0 fully saturated rings. The van der Waals surface area contributed by atoms with Gasteiger partial charge in [-0.25, -0.2) is 0 Å². The molecule has 0 aliphatic rings. The summed E-state index contributed by atoms with van der Waals surface area (Å²) in [4.78, 5) is 10.5. The summed E-state index contributed by atoms with van der Waals surface area (Å²) >= 11 is 0. The first-order valence-corrected chi connectivity index (χ1v) is 3.57. The lowest BCUT2D eigenvalue weighted by Gasteiger charge is -2.03. The van der Waals surface area contributed by atoms with E-state index in [-0.39, 0.29) is 5.46 Å². The summed E-state index contributed by atoms with van der Waals surface area (Å²) in [6, 6.07) is 4.87. The molecule has 0 aliphatic heterocycles. The minimum absolute atomic E-state index is 0.246. The van der Waals surface area contributed by atoms with Crippen LogP contribution in [0.3, 0.4) is 0 Å². The van der Waals surface area contributed by atoms with E-state index in [1.807, 2.05) is 6.92 Å². The third-order valence-corrected chi connectivity index (χ3v) is 1.65. The van der Waals surface area contributed by atoms with Crippen LogP contribution in [-0.2, 0) is 0 Å². The van der Waals surface area contributed by atoms with Crippen molar-refractivity contribution in [2.75, 3.05) is 0 Å². The molecule has 4 heteroatoms. The number of carbonyl (C=O) groups is 1. The standard InChI is InChI=1S/C8H9BO3/c1-6-2-3-8(9(11)12)7(4-6)5-10/h2-5,11-12H,1H3. The van der Waals surface area contributed by atoms with Crippen LogP contribution >= 0.6 is 0 Å². The van der Waals surface area contributed by atoms with Crippen LogP contribution in [-0.4, -0.2) is 23.5 Å². The van der Waals surface area contributed by atoms with Crippen molar-refractivity contribution >= 4 is 18.9 Å². The van der Waals surface area contributed by atoms with Gasteiger partial charge in [-0.15, -0.1) is 0 Å². The Labute approximate surface area is 70.8 Å². The molecular formula is C8H9BO3. The fraction of sp³-hybridized carbons (Fsp3) is 0.125. The SMILES string of the molecule is Cc1ccc(B(O)O)c(C=O)c1. The average molecular weight is 164 g/mol. The number of carbonyl (C=O) groups excluding carboxylic acids is 1. The second-order valence-electron chi connectivity index (χ2n) is 2.62. The molecule has 0 heterocycles. The molecule has 0 aliphatic carbocycles. The van der Waals surface area contributed by atoms with Crippen molar-refractivity contribution in [2.24, 2.45) is 0 Å². The Morgan fingerprint density at radius 3 is 2.58 bits per heavy atom. The van der Waals surface area contributed by atoms with Crippen LogP contribution in [0.25, 0.3) is 0 Å². The van der Waals surface area contributed by atoms with Gasteiger partial charge in [-0.3, -0.25) is 4.79 Å². The molecule has 0 aromatic heterocycles. The maximum Gasteiger partial charge on any atom is 0.489 e. The highest BCUT2D eigenvalue weighted by Gasteiger charge is 2.14. The summed E-state index contributed by atoms with van der Waals surface area (Å²) in [5.41, 5.74) is 1.49. The van der Waals surface area contributed by atoms with Crippen LogP contribution in [0.15, 0.2) is 18.2 Å². The molecule has 12 heavy (non-hydrogen) atoms. The maximum absolute atomic E-state index is 10.5. The van der Waals surface area contributed by atoms with E-state index in [0.29, 0.717) is 11.8 Å². The Kier molecular flexibility index (Phi) is 2.63. The molecule has 3 nitrogen and oxygen atoms in total. The van der Waals surface area contributed by atoms with Gasteiger partial charge in [0.05, 0.1) is 0 Å². The van der Waals surface area contributed by atoms with Gasteiger partial charge < -0.3 is 10.0 Å². The van der Waals surface area contributed by atoms with Gasteiger partial charge in [0.25, 0.3) is 0 Å². The van der Waals surface area contributed by atoms with Crippen molar-refractivity contribution in [1.82, 2.24) is 0 Å². The molecule has 1 aromatic carbocycles. The van der Waals surface area contributed by atoms with E-state index in [0.717, 1.165) is 5.56 Å². The summed E-state index contributed by atoms with van der Waals surface area (Å²) < 4.78 is 0. The highest BCUT2D eigenvalue weighted by atomic mass is 16.4. The van der Waals surface area contributed by atoms with Gasteiger partial charge in [0, 0.05) is 5.56 Å². The van der Waals surface area contributed by atoms with Crippen LogP contribution in [0.4, 0.5) is 0 Å². The lowest BCUT2D eigenvalue weighted by molar-refractivity contribution is 0.112. The molecule has 0 saturated carbocycles. The largest absolute Gasteiger partial charge is 0.489 e. The van der Waals surface area contributed by atoms with E-state index in [9.17, 15) is 4.79 Å². The summed E-state index contributed by atoms with van der Waals surface area (Å²) in [6.45, 7) is 1.83. The van der Waals surface area contributed by atoms with E-state index in [1.165, 1.54) is 6.07 Å². The number of rotatable bonds is 2. The van der Waals surface area contributed by atoms with Crippen molar-refractivity contribution in [3.63, 3.8) is 0 Å².